The molecule has 0 saturated carbocycles. The molecule has 1 aromatic carbocycles. The first-order chi connectivity index (χ1) is 14.3. The molecular weight excluding hydrogens is 386 g/mol. The van der Waals surface area contributed by atoms with E-state index in [1.807, 2.05) is 25.3 Å². The van der Waals surface area contributed by atoms with Crippen LogP contribution in [0.1, 0.15) is 43.4 Å². The van der Waals surface area contributed by atoms with Crippen LogP contribution in [0.15, 0.2) is 24.4 Å². The molecule has 1 amide bonds. The highest BCUT2D eigenvalue weighted by molar-refractivity contribution is 6.05. The lowest BCUT2D eigenvalue weighted by molar-refractivity contribution is 0.0651. The summed E-state index contributed by atoms with van der Waals surface area (Å²) < 4.78 is 14.8. The Hall–Kier alpha value is -2.91. The third-order valence-electron chi connectivity index (χ3n) is 4.95. The molecule has 0 aliphatic carbocycles. The summed E-state index contributed by atoms with van der Waals surface area (Å²) in [5.74, 6) is 0.255. The van der Waals surface area contributed by atoms with E-state index in [0.717, 1.165) is 16.6 Å². The monoisotopic (exact) mass is 413 g/mol. The molecule has 3 aromatic rings. The van der Waals surface area contributed by atoms with Crippen molar-refractivity contribution in [3.8, 4) is 5.75 Å². The van der Waals surface area contributed by atoms with E-state index in [1.165, 1.54) is 0 Å². The summed E-state index contributed by atoms with van der Waals surface area (Å²) in [6.07, 6.45) is 2.48. The Morgan fingerprint density at radius 3 is 2.90 bits per heavy atom. The number of ether oxygens (including phenoxy) is 2. The molecule has 30 heavy (non-hydrogen) atoms. The number of aryl methyl sites for hydroxylation is 1. The molecule has 9 heteroatoms. The largest absolute Gasteiger partial charge is 0.492 e. The van der Waals surface area contributed by atoms with Gasteiger partial charge in [-0.1, -0.05) is 0 Å². The van der Waals surface area contributed by atoms with Gasteiger partial charge in [-0.05, 0) is 39.3 Å². The maximum absolute atomic E-state index is 12.8. The number of hydrogen-bond acceptors (Lipinski definition) is 6. The fourth-order valence-electron chi connectivity index (χ4n) is 3.37. The molecule has 1 aliphatic rings. The van der Waals surface area contributed by atoms with Crippen molar-refractivity contribution in [1.82, 2.24) is 19.6 Å². The van der Waals surface area contributed by atoms with E-state index in [4.69, 9.17) is 9.47 Å². The van der Waals surface area contributed by atoms with Crippen LogP contribution < -0.4 is 10.1 Å². The number of hydrogen-bond donors (Lipinski definition) is 2. The molecule has 0 atom stereocenters. The number of aromatic nitrogens is 4. The van der Waals surface area contributed by atoms with Crippen molar-refractivity contribution in [3.63, 3.8) is 0 Å². The lowest BCUT2D eigenvalue weighted by Gasteiger charge is -2.16. The highest BCUT2D eigenvalue weighted by atomic mass is 16.5. The number of aliphatic hydroxyl groups is 1. The summed E-state index contributed by atoms with van der Waals surface area (Å²) in [5, 5.41) is 22.7. The van der Waals surface area contributed by atoms with E-state index >= 15 is 0 Å². The number of nitrogens with one attached hydrogen (secondary N) is 1. The van der Waals surface area contributed by atoms with E-state index in [2.05, 4.69) is 15.5 Å². The van der Waals surface area contributed by atoms with Crippen LogP contribution in [0.2, 0.25) is 0 Å². The normalized spacial score (nSPS) is 14.0. The Kier molecular flexibility index (Phi) is 5.48. The summed E-state index contributed by atoms with van der Waals surface area (Å²) >= 11 is 0. The predicted molar refractivity (Wildman–Crippen MR) is 112 cm³/mol. The van der Waals surface area contributed by atoms with Crippen LogP contribution in [0, 0.1) is 0 Å². The quantitative estimate of drug-likeness (QED) is 0.617. The van der Waals surface area contributed by atoms with Gasteiger partial charge < -0.3 is 19.9 Å². The van der Waals surface area contributed by atoms with Gasteiger partial charge in [-0.15, -0.1) is 0 Å². The second kappa shape index (κ2) is 8.08. The zero-order valence-electron chi connectivity index (χ0n) is 17.5. The van der Waals surface area contributed by atoms with Gasteiger partial charge in [0.2, 0.25) is 0 Å². The van der Waals surface area contributed by atoms with Crippen molar-refractivity contribution in [2.45, 2.75) is 52.5 Å². The Bertz CT molecular complexity index is 1040. The average Bonchev–Trinajstić information content (AvgIpc) is 3.29. The van der Waals surface area contributed by atoms with Crippen molar-refractivity contribution in [2.75, 3.05) is 18.5 Å². The maximum atomic E-state index is 12.8. The Morgan fingerprint density at radius 2 is 2.17 bits per heavy atom. The average molecular weight is 413 g/mol. The Labute approximate surface area is 174 Å². The van der Waals surface area contributed by atoms with Crippen molar-refractivity contribution in [3.05, 3.63) is 35.8 Å². The predicted octanol–water partition coefficient (Wildman–Crippen LogP) is 2.58. The van der Waals surface area contributed by atoms with E-state index in [1.54, 1.807) is 29.3 Å². The van der Waals surface area contributed by atoms with Crippen LogP contribution in [0.5, 0.6) is 5.75 Å². The highest BCUT2D eigenvalue weighted by Gasteiger charge is 2.19. The lowest BCUT2D eigenvalue weighted by atomic mass is 10.1. The molecule has 1 aliphatic heterocycles. The minimum Gasteiger partial charge on any atom is -0.492 e. The van der Waals surface area contributed by atoms with E-state index in [0.29, 0.717) is 56.5 Å². The Morgan fingerprint density at radius 1 is 1.33 bits per heavy atom. The minimum absolute atomic E-state index is 0.299. The maximum Gasteiger partial charge on any atom is 0.276 e. The SMILES string of the molecule is CCOc1cc2nn(CCC(C)(C)O)cc2cc1NC(=O)c1cc2n(n1)CCOC2. The summed E-state index contributed by atoms with van der Waals surface area (Å²) in [6.45, 7) is 8.19. The first kappa shape index (κ1) is 20.4. The van der Waals surface area contributed by atoms with Gasteiger partial charge in [0.1, 0.15) is 5.75 Å². The Balaban J connectivity index is 1.59. The molecule has 0 unspecified atom stereocenters. The second-order valence-corrected chi connectivity index (χ2v) is 8.05. The number of rotatable bonds is 7. The lowest BCUT2D eigenvalue weighted by Crippen LogP contribution is -2.21. The van der Waals surface area contributed by atoms with E-state index < -0.39 is 5.60 Å². The summed E-state index contributed by atoms with van der Waals surface area (Å²) in [7, 11) is 0. The van der Waals surface area contributed by atoms with Crippen LogP contribution in [-0.4, -0.2) is 49.4 Å². The number of fused-ring (bicyclic) bond motifs is 2. The fraction of sp³-hybridized carbons (Fsp3) is 0.476. The zero-order valence-corrected chi connectivity index (χ0v) is 17.5. The molecule has 160 valence electrons. The molecule has 2 aromatic heterocycles. The van der Waals surface area contributed by atoms with Gasteiger partial charge in [-0.25, -0.2) is 0 Å². The molecule has 0 fully saturated rings. The van der Waals surface area contributed by atoms with Gasteiger partial charge >= 0.3 is 0 Å². The summed E-state index contributed by atoms with van der Waals surface area (Å²) in [4.78, 5) is 12.8. The van der Waals surface area contributed by atoms with Gasteiger partial charge in [0.15, 0.2) is 5.69 Å². The molecule has 0 saturated heterocycles. The van der Waals surface area contributed by atoms with Crippen LogP contribution in [0.25, 0.3) is 10.9 Å². The highest BCUT2D eigenvalue weighted by Crippen LogP contribution is 2.31. The second-order valence-electron chi connectivity index (χ2n) is 8.05. The molecular formula is C21H27N5O4. The van der Waals surface area contributed by atoms with Crippen molar-refractivity contribution in [2.24, 2.45) is 0 Å². The first-order valence-corrected chi connectivity index (χ1v) is 10.1. The number of carbonyl (C=O) groups is 1. The molecule has 3 heterocycles. The van der Waals surface area contributed by atoms with Gasteiger partial charge in [-0.3, -0.25) is 14.2 Å². The standard InChI is InChI=1S/C21H27N5O4/c1-4-30-19-11-16-14(12-25(23-16)6-5-21(2,3)28)9-17(19)22-20(27)18-10-15-13-29-8-7-26(15)24-18/h9-12,28H,4-8,13H2,1-3H3,(H,22,27). The van der Waals surface area contributed by atoms with E-state index in [9.17, 15) is 9.90 Å². The van der Waals surface area contributed by atoms with Crippen molar-refractivity contribution >= 4 is 22.5 Å². The van der Waals surface area contributed by atoms with Crippen LogP contribution in [0.4, 0.5) is 5.69 Å². The third-order valence-corrected chi connectivity index (χ3v) is 4.95. The molecule has 2 N–H and O–H groups in total. The summed E-state index contributed by atoms with van der Waals surface area (Å²) in [6, 6.07) is 5.42. The number of carbonyl (C=O) groups excluding carboxylic acids is 1. The topological polar surface area (TPSA) is 103 Å². The molecule has 9 nitrogen and oxygen atoms in total. The number of nitrogens with zero attached hydrogens (tertiary/aromatic N) is 4. The van der Waals surface area contributed by atoms with Gasteiger partial charge in [0.25, 0.3) is 5.91 Å². The number of anilines is 1. The third kappa shape index (κ3) is 4.47. The van der Waals surface area contributed by atoms with Crippen LogP contribution in [-0.2, 0) is 24.4 Å². The number of amides is 1. The zero-order chi connectivity index (χ0) is 21.3. The molecule has 0 bridgehead atoms. The number of benzene rings is 1. The van der Waals surface area contributed by atoms with E-state index in [-0.39, 0.29) is 5.91 Å². The molecule has 0 radical (unpaired) electrons. The van der Waals surface area contributed by atoms with Crippen LogP contribution in [0.3, 0.4) is 0 Å². The van der Waals surface area contributed by atoms with Gasteiger partial charge in [-0.2, -0.15) is 10.2 Å². The van der Waals surface area contributed by atoms with Crippen molar-refractivity contribution in [1.29, 1.82) is 0 Å². The minimum atomic E-state index is -0.761. The smallest absolute Gasteiger partial charge is 0.276 e. The summed E-state index contributed by atoms with van der Waals surface area (Å²) in [5.41, 5.74) is 1.81. The van der Waals surface area contributed by atoms with Gasteiger partial charge in [0.05, 0.1) is 48.9 Å². The first-order valence-electron chi connectivity index (χ1n) is 10.1. The molecule has 0 spiro atoms. The molecule has 4 rings (SSSR count). The fourth-order valence-corrected chi connectivity index (χ4v) is 3.37. The van der Waals surface area contributed by atoms with Gasteiger partial charge in [0, 0.05) is 24.2 Å². The van der Waals surface area contributed by atoms with Crippen molar-refractivity contribution < 1.29 is 19.4 Å². The van der Waals surface area contributed by atoms with Crippen LogP contribution >= 0.6 is 0 Å².